The van der Waals surface area contributed by atoms with Crippen LogP contribution in [0.1, 0.15) is 42.4 Å². The fourth-order valence-corrected chi connectivity index (χ4v) is 7.79. The molecule has 0 heterocycles. The predicted molar refractivity (Wildman–Crippen MR) is 183 cm³/mol. The molecule has 1 fully saturated rings. The van der Waals surface area contributed by atoms with E-state index in [1.807, 2.05) is 36.4 Å². The quantitative estimate of drug-likeness (QED) is 0.172. The number of benzene rings is 4. The Morgan fingerprint density at radius 3 is 2.15 bits per heavy atom. The molecule has 1 saturated carbocycles. The van der Waals surface area contributed by atoms with Crippen molar-refractivity contribution >= 4 is 50.7 Å². The standard InChI is InChI=1S/C36H37Cl2N3O4S/c1-26-22-29(37)20-21-33(26)41(46(44,45)31-17-6-3-7-18-31)25-35(42)40(24-28-14-8-11-19-32(28)38)34(23-27-12-4-2-5-13-27)36(43)39-30-15-9-10-16-30/h2-8,11-14,17-22,30,34H,9-10,15-16,23-25H2,1H3,(H,39,43)/t34-/m1/s1. The van der Waals surface area contributed by atoms with Crippen LogP contribution in [0.25, 0.3) is 0 Å². The van der Waals surface area contributed by atoms with E-state index in [0.717, 1.165) is 35.6 Å². The van der Waals surface area contributed by atoms with Gasteiger partial charge in [0.05, 0.1) is 10.6 Å². The number of rotatable bonds is 12. The van der Waals surface area contributed by atoms with E-state index in [-0.39, 0.29) is 29.8 Å². The number of carbonyl (C=O) groups excluding carboxylic acids is 2. The zero-order chi connectivity index (χ0) is 32.7. The van der Waals surface area contributed by atoms with E-state index in [4.69, 9.17) is 23.2 Å². The molecule has 4 aromatic rings. The van der Waals surface area contributed by atoms with Gasteiger partial charge in [-0.05, 0) is 72.9 Å². The van der Waals surface area contributed by atoms with Gasteiger partial charge in [-0.25, -0.2) is 8.42 Å². The molecule has 0 saturated heterocycles. The molecule has 0 bridgehead atoms. The van der Waals surface area contributed by atoms with Crippen molar-refractivity contribution in [1.29, 1.82) is 0 Å². The summed E-state index contributed by atoms with van der Waals surface area (Å²) in [6.07, 6.45) is 4.05. The molecule has 2 amide bonds. The molecule has 5 rings (SSSR count). The fourth-order valence-electron chi connectivity index (χ4n) is 5.86. The molecule has 0 radical (unpaired) electrons. The van der Waals surface area contributed by atoms with Gasteiger partial charge in [0.1, 0.15) is 12.6 Å². The Kier molecular flexibility index (Phi) is 11.0. The number of sulfonamides is 1. The average Bonchev–Trinajstić information content (AvgIpc) is 3.56. The number of aryl methyl sites for hydroxylation is 1. The summed E-state index contributed by atoms with van der Waals surface area (Å²) in [5.41, 5.74) is 2.41. The van der Waals surface area contributed by atoms with Crippen LogP contribution in [-0.4, -0.2) is 43.8 Å². The summed E-state index contributed by atoms with van der Waals surface area (Å²) in [5, 5.41) is 4.06. The van der Waals surface area contributed by atoms with E-state index >= 15 is 0 Å². The molecule has 0 aromatic heterocycles. The first-order valence-corrected chi connectivity index (χ1v) is 17.5. The molecule has 0 spiro atoms. The molecule has 1 aliphatic carbocycles. The van der Waals surface area contributed by atoms with Crippen molar-refractivity contribution < 1.29 is 18.0 Å². The lowest BCUT2D eigenvalue weighted by Gasteiger charge is -2.35. The lowest BCUT2D eigenvalue weighted by molar-refractivity contribution is -0.140. The minimum absolute atomic E-state index is 0.00686. The number of halogens is 2. The third kappa shape index (κ3) is 8.10. The van der Waals surface area contributed by atoms with Gasteiger partial charge in [-0.15, -0.1) is 0 Å². The largest absolute Gasteiger partial charge is 0.352 e. The molecule has 4 aromatic carbocycles. The number of nitrogens with one attached hydrogen (secondary N) is 1. The first-order valence-electron chi connectivity index (χ1n) is 15.3. The monoisotopic (exact) mass is 677 g/mol. The van der Waals surface area contributed by atoms with E-state index in [0.29, 0.717) is 26.9 Å². The van der Waals surface area contributed by atoms with Crippen molar-refractivity contribution in [2.45, 2.75) is 62.6 Å². The fraction of sp³-hybridized carbons (Fsp3) is 0.278. The van der Waals surface area contributed by atoms with Crippen molar-refractivity contribution in [3.63, 3.8) is 0 Å². The minimum Gasteiger partial charge on any atom is -0.352 e. The van der Waals surface area contributed by atoms with Crippen molar-refractivity contribution in [1.82, 2.24) is 10.2 Å². The summed E-state index contributed by atoms with van der Waals surface area (Å²) in [7, 11) is -4.21. The highest BCUT2D eigenvalue weighted by Crippen LogP contribution is 2.30. The Hall–Kier alpha value is -3.85. The zero-order valence-electron chi connectivity index (χ0n) is 25.6. The van der Waals surface area contributed by atoms with Gasteiger partial charge in [0, 0.05) is 29.1 Å². The molecule has 0 aliphatic heterocycles. The van der Waals surface area contributed by atoms with Gasteiger partial charge in [0.25, 0.3) is 10.0 Å². The zero-order valence-corrected chi connectivity index (χ0v) is 27.9. The smallest absolute Gasteiger partial charge is 0.264 e. The number of amides is 2. The van der Waals surface area contributed by atoms with E-state index in [1.165, 1.54) is 17.0 Å². The Balaban J connectivity index is 1.59. The second-order valence-electron chi connectivity index (χ2n) is 11.6. The van der Waals surface area contributed by atoms with Gasteiger partial charge in [0.2, 0.25) is 11.8 Å². The van der Waals surface area contributed by atoms with Crippen molar-refractivity contribution in [2.75, 3.05) is 10.8 Å². The van der Waals surface area contributed by atoms with Crippen LogP contribution in [0, 0.1) is 6.92 Å². The van der Waals surface area contributed by atoms with E-state index < -0.39 is 28.5 Å². The Morgan fingerprint density at radius 1 is 0.870 bits per heavy atom. The maximum atomic E-state index is 14.6. The maximum absolute atomic E-state index is 14.6. The number of hydrogen-bond donors (Lipinski definition) is 1. The molecular formula is C36H37Cl2N3O4S. The summed E-state index contributed by atoms with van der Waals surface area (Å²) in [4.78, 5) is 30.3. The van der Waals surface area contributed by atoms with Crippen LogP contribution in [0.4, 0.5) is 5.69 Å². The summed E-state index contributed by atoms with van der Waals surface area (Å²) < 4.78 is 29.5. The van der Waals surface area contributed by atoms with E-state index in [9.17, 15) is 18.0 Å². The molecule has 1 aliphatic rings. The highest BCUT2D eigenvalue weighted by atomic mass is 35.5. The second kappa shape index (κ2) is 15.2. The molecule has 10 heteroatoms. The normalized spacial score (nSPS) is 14.1. The van der Waals surface area contributed by atoms with Gasteiger partial charge < -0.3 is 10.2 Å². The lowest BCUT2D eigenvalue weighted by atomic mass is 10.0. The van der Waals surface area contributed by atoms with Gasteiger partial charge in [-0.3, -0.25) is 13.9 Å². The number of nitrogens with zero attached hydrogens (tertiary/aromatic N) is 2. The Morgan fingerprint density at radius 2 is 1.50 bits per heavy atom. The third-order valence-electron chi connectivity index (χ3n) is 8.31. The van der Waals surface area contributed by atoms with Gasteiger partial charge in [0.15, 0.2) is 0 Å². The minimum atomic E-state index is -4.21. The van der Waals surface area contributed by atoms with Crippen LogP contribution in [0.15, 0.2) is 108 Å². The molecule has 46 heavy (non-hydrogen) atoms. The van der Waals surface area contributed by atoms with E-state index in [1.54, 1.807) is 61.5 Å². The van der Waals surface area contributed by atoms with Crippen molar-refractivity contribution in [3.05, 3.63) is 130 Å². The van der Waals surface area contributed by atoms with Crippen LogP contribution in [0.3, 0.4) is 0 Å². The van der Waals surface area contributed by atoms with Crippen LogP contribution < -0.4 is 9.62 Å². The van der Waals surface area contributed by atoms with Crippen LogP contribution in [0.5, 0.6) is 0 Å². The number of hydrogen-bond acceptors (Lipinski definition) is 4. The summed E-state index contributed by atoms with van der Waals surface area (Å²) in [6.45, 7) is 1.20. The third-order valence-corrected chi connectivity index (χ3v) is 10.7. The highest BCUT2D eigenvalue weighted by molar-refractivity contribution is 7.92. The first-order chi connectivity index (χ1) is 22.1. The summed E-state index contributed by atoms with van der Waals surface area (Å²) in [6, 6.07) is 28.6. The maximum Gasteiger partial charge on any atom is 0.264 e. The lowest BCUT2D eigenvalue weighted by Crippen LogP contribution is -2.54. The predicted octanol–water partition coefficient (Wildman–Crippen LogP) is 7.20. The van der Waals surface area contributed by atoms with Crippen molar-refractivity contribution in [3.8, 4) is 0 Å². The Bertz CT molecular complexity index is 1760. The molecule has 0 unspecified atom stereocenters. The van der Waals surface area contributed by atoms with E-state index in [2.05, 4.69) is 5.32 Å². The topological polar surface area (TPSA) is 86.8 Å². The van der Waals surface area contributed by atoms with Crippen LogP contribution >= 0.6 is 23.2 Å². The van der Waals surface area contributed by atoms with Crippen molar-refractivity contribution in [2.24, 2.45) is 0 Å². The highest BCUT2D eigenvalue weighted by Gasteiger charge is 2.36. The van der Waals surface area contributed by atoms with Gasteiger partial charge in [-0.2, -0.15) is 0 Å². The SMILES string of the molecule is Cc1cc(Cl)ccc1N(CC(=O)N(Cc1ccccc1Cl)[C@H](Cc1ccccc1)C(=O)NC1CCCC1)S(=O)(=O)c1ccccc1. The van der Waals surface area contributed by atoms with Gasteiger partial charge >= 0.3 is 0 Å². The number of carbonyl (C=O) groups is 2. The van der Waals surface area contributed by atoms with Crippen LogP contribution in [-0.2, 0) is 32.6 Å². The van der Waals surface area contributed by atoms with Crippen LogP contribution in [0.2, 0.25) is 10.0 Å². The summed E-state index contributed by atoms with van der Waals surface area (Å²) in [5.74, 6) is -0.826. The first kappa shape index (κ1) is 33.5. The summed E-state index contributed by atoms with van der Waals surface area (Å²) >= 11 is 12.8. The molecule has 1 atom stereocenters. The Labute approximate surface area is 281 Å². The van der Waals surface area contributed by atoms with Gasteiger partial charge in [-0.1, -0.05) is 103 Å². The number of anilines is 1. The molecule has 7 nitrogen and oxygen atoms in total. The molecule has 240 valence electrons. The molecular weight excluding hydrogens is 641 g/mol. The average molecular weight is 679 g/mol. The second-order valence-corrected chi connectivity index (χ2v) is 14.3. The molecule has 1 N–H and O–H groups in total.